The Labute approximate surface area is 107 Å². The second kappa shape index (κ2) is 5.31. The predicted molar refractivity (Wildman–Crippen MR) is 61.2 cm³/mol. The maximum absolute atomic E-state index is 13.5. The zero-order valence-corrected chi connectivity index (χ0v) is 9.90. The van der Waals surface area contributed by atoms with Crippen molar-refractivity contribution in [2.24, 2.45) is 0 Å². The topological polar surface area (TPSA) is 69.6 Å². The van der Waals surface area contributed by atoms with Crippen LogP contribution in [0.4, 0.5) is 8.78 Å². The van der Waals surface area contributed by atoms with Crippen LogP contribution in [-0.2, 0) is 16.1 Å². The molecule has 1 heterocycles. The van der Waals surface area contributed by atoms with Gasteiger partial charge in [0.25, 0.3) is 0 Å². The standard InChI is InChI=1S/C12H12F2N2O3/c13-8-2-1-3-9(14)7(8)5-16-6-11(17)15-4-10(16)12(18)19/h1-3,10H,4-6H2,(H,15,17)(H,18,19). The summed E-state index contributed by atoms with van der Waals surface area (Å²) in [6.07, 6.45) is 0. The number of carboxylic acid groups (broad SMARTS) is 1. The van der Waals surface area contributed by atoms with Gasteiger partial charge >= 0.3 is 5.97 Å². The van der Waals surface area contributed by atoms with E-state index < -0.39 is 23.6 Å². The second-order valence-corrected chi connectivity index (χ2v) is 4.26. The highest BCUT2D eigenvalue weighted by molar-refractivity contribution is 5.83. The molecule has 7 heteroatoms. The molecule has 1 aliphatic rings. The Balaban J connectivity index is 2.23. The molecule has 1 atom stereocenters. The number of carboxylic acids is 1. The minimum atomic E-state index is -1.14. The summed E-state index contributed by atoms with van der Waals surface area (Å²) in [5, 5.41) is 11.4. The first-order valence-corrected chi connectivity index (χ1v) is 5.65. The van der Waals surface area contributed by atoms with Crippen LogP contribution < -0.4 is 5.32 Å². The van der Waals surface area contributed by atoms with Crippen LogP contribution in [0.3, 0.4) is 0 Å². The normalized spacial score (nSPS) is 20.1. The van der Waals surface area contributed by atoms with Crippen LogP contribution in [-0.4, -0.2) is 41.0 Å². The summed E-state index contributed by atoms with van der Waals surface area (Å²) in [6.45, 7) is -0.544. The molecule has 1 aromatic rings. The van der Waals surface area contributed by atoms with Gasteiger partial charge in [0.1, 0.15) is 17.7 Å². The number of rotatable bonds is 3. The number of amides is 1. The van der Waals surface area contributed by atoms with Gasteiger partial charge < -0.3 is 10.4 Å². The molecule has 102 valence electrons. The van der Waals surface area contributed by atoms with Crippen molar-refractivity contribution in [2.45, 2.75) is 12.6 Å². The summed E-state index contributed by atoms with van der Waals surface area (Å²) < 4.78 is 27.0. The van der Waals surface area contributed by atoms with Crippen molar-refractivity contribution >= 4 is 11.9 Å². The Morgan fingerprint density at radius 3 is 2.63 bits per heavy atom. The Morgan fingerprint density at radius 1 is 1.42 bits per heavy atom. The molecule has 0 radical (unpaired) electrons. The molecule has 1 saturated heterocycles. The van der Waals surface area contributed by atoms with Crippen molar-refractivity contribution in [1.29, 1.82) is 0 Å². The lowest BCUT2D eigenvalue weighted by Crippen LogP contribution is -2.57. The third-order valence-corrected chi connectivity index (χ3v) is 2.99. The molecular weight excluding hydrogens is 258 g/mol. The fraction of sp³-hybridized carbons (Fsp3) is 0.333. The van der Waals surface area contributed by atoms with E-state index in [0.717, 1.165) is 12.1 Å². The average Bonchev–Trinajstić information content (AvgIpc) is 2.33. The number of aliphatic carboxylic acids is 1. The number of halogens is 2. The van der Waals surface area contributed by atoms with E-state index in [1.54, 1.807) is 0 Å². The van der Waals surface area contributed by atoms with E-state index in [4.69, 9.17) is 5.11 Å². The molecule has 19 heavy (non-hydrogen) atoms. The van der Waals surface area contributed by atoms with Crippen molar-refractivity contribution in [3.8, 4) is 0 Å². The number of carbonyl (C=O) groups is 2. The van der Waals surface area contributed by atoms with Crippen molar-refractivity contribution in [1.82, 2.24) is 10.2 Å². The molecule has 0 bridgehead atoms. The zero-order chi connectivity index (χ0) is 14.0. The van der Waals surface area contributed by atoms with Gasteiger partial charge in [-0.3, -0.25) is 14.5 Å². The van der Waals surface area contributed by atoms with Gasteiger partial charge in [-0.05, 0) is 12.1 Å². The van der Waals surface area contributed by atoms with Crippen LogP contribution in [0.15, 0.2) is 18.2 Å². The van der Waals surface area contributed by atoms with Crippen LogP contribution in [0.1, 0.15) is 5.56 Å². The minimum Gasteiger partial charge on any atom is -0.480 e. The van der Waals surface area contributed by atoms with Crippen LogP contribution >= 0.6 is 0 Å². The van der Waals surface area contributed by atoms with E-state index in [0.29, 0.717) is 0 Å². The van der Waals surface area contributed by atoms with Gasteiger partial charge in [0.2, 0.25) is 5.91 Å². The highest BCUT2D eigenvalue weighted by Gasteiger charge is 2.32. The van der Waals surface area contributed by atoms with E-state index in [1.807, 2.05) is 0 Å². The number of hydrogen-bond donors (Lipinski definition) is 2. The van der Waals surface area contributed by atoms with Crippen LogP contribution in [0.5, 0.6) is 0 Å². The van der Waals surface area contributed by atoms with Gasteiger partial charge in [0, 0.05) is 18.7 Å². The molecule has 1 fully saturated rings. The van der Waals surface area contributed by atoms with Crippen molar-refractivity contribution in [3.05, 3.63) is 35.4 Å². The Bertz CT molecular complexity index is 501. The molecule has 5 nitrogen and oxygen atoms in total. The summed E-state index contributed by atoms with van der Waals surface area (Å²) >= 11 is 0. The van der Waals surface area contributed by atoms with Crippen LogP contribution in [0.25, 0.3) is 0 Å². The Morgan fingerprint density at radius 2 is 2.05 bits per heavy atom. The van der Waals surface area contributed by atoms with Crippen LogP contribution in [0, 0.1) is 11.6 Å². The van der Waals surface area contributed by atoms with Gasteiger partial charge in [-0.1, -0.05) is 6.07 Å². The van der Waals surface area contributed by atoms with Crippen molar-refractivity contribution < 1.29 is 23.5 Å². The van der Waals surface area contributed by atoms with E-state index >= 15 is 0 Å². The first kappa shape index (κ1) is 13.4. The largest absolute Gasteiger partial charge is 0.480 e. The van der Waals surface area contributed by atoms with Gasteiger partial charge in [0.05, 0.1) is 6.54 Å². The predicted octanol–water partition coefficient (Wildman–Crippen LogP) is 0.350. The zero-order valence-electron chi connectivity index (χ0n) is 9.90. The van der Waals surface area contributed by atoms with Gasteiger partial charge in [0.15, 0.2) is 0 Å². The van der Waals surface area contributed by atoms with Gasteiger partial charge in [-0.15, -0.1) is 0 Å². The minimum absolute atomic E-state index is 0.0791. The first-order valence-electron chi connectivity index (χ1n) is 5.65. The quantitative estimate of drug-likeness (QED) is 0.831. The number of nitrogens with one attached hydrogen (secondary N) is 1. The lowest BCUT2D eigenvalue weighted by Gasteiger charge is -2.32. The lowest BCUT2D eigenvalue weighted by molar-refractivity contribution is -0.146. The number of benzene rings is 1. The summed E-state index contributed by atoms with van der Waals surface area (Å²) in [5.41, 5.74) is -0.233. The molecule has 1 aliphatic heterocycles. The summed E-state index contributed by atoms with van der Waals surface area (Å²) in [4.78, 5) is 23.6. The highest BCUT2D eigenvalue weighted by atomic mass is 19.1. The van der Waals surface area contributed by atoms with E-state index in [1.165, 1.54) is 11.0 Å². The molecule has 2 N–H and O–H groups in total. The summed E-state index contributed by atoms with van der Waals surface area (Å²) in [7, 11) is 0. The third kappa shape index (κ3) is 2.87. The molecule has 1 amide bonds. The van der Waals surface area contributed by atoms with Crippen LogP contribution in [0.2, 0.25) is 0 Å². The van der Waals surface area contributed by atoms with E-state index in [-0.39, 0.29) is 31.1 Å². The fourth-order valence-corrected chi connectivity index (χ4v) is 1.99. The second-order valence-electron chi connectivity index (χ2n) is 4.26. The molecule has 0 aliphatic carbocycles. The van der Waals surface area contributed by atoms with Crippen molar-refractivity contribution in [3.63, 3.8) is 0 Å². The molecular formula is C12H12F2N2O3. The maximum atomic E-state index is 13.5. The van der Waals surface area contributed by atoms with Crippen molar-refractivity contribution in [2.75, 3.05) is 13.1 Å². The SMILES string of the molecule is O=C1CN(Cc2c(F)cccc2F)C(C(=O)O)CN1. The summed E-state index contributed by atoms with van der Waals surface area (Å²) in [5.74, 6) is -3.02. The lowest BCUT2D eigenvalue weighted by atomic mass is 10.1. The summed E-state index contributed by atoms with van der Waals surface area (Å²) in [6, 6.07) is 2.43. The number of piperazine rings is 1. The average molecular weight is 270 g/mol. The van der Waals surface area contributed by atoms with Gasteiger partial charge in [-0.2, -0.15) is 0 Å². The van der Waals surface area contributed by atoms with Gasteiger partial charge in [-0.25, -0.2) is 8.78 Å². The first-order chi connectivity index (χ1) is 8.99. The van der Waals surface area contributed by atoms with E-state index in [9.17, 15) is 18.4 Å². The molecule has 0 spiro atoms. The molecule has 0 saturated carbocycles. The number of carbonyl (C=O) groups excluding carboxylic acids is 1. The van der Waals surface area contributed by atoms with E-state index in [2.05, 4.69) is 5.32 Å². The Kier molecular flexibility index (Phi) is 3.75. The molecule has 2 rings (SSSR count). The molecule has 1 unspecified atom stereocenters. The monoisotopic (exact) mass is 270 g/mol. The Hall–Kier alpha value is -2.02. The fourth-order valence-electron chi connectivity index (χ4n) is 1.99. The number of nitrogens with zero attached hydrogens (tertiary/aromatic N) is 1. The maximum Gasteiger partial charge on any atom is 0.322 e. The molecule has 0 aromatic heterocycles. The highest BCUT2D eigenvalue weighted by Crippen LogP contribution is 2.17. The third-order valence-electron chi connectivity index (χ3n) is 2.99. The molecule has 1 aromatic carbocycles. The number of hydrogen-bond acceptors (Lipinski definition) is 3. The smallest absolute Gasteiger partial charge is 0.322 e.